The monoisotopic (exact) mass is 365 g/mol. The summed E-state index contributed by atoms with van der Waals surface area (Å²) in [5, 5.41) is 3.08. The largest absolute Gasteiger partial charge is 0.355 e. The van der Waals surface area contributed by atoms with Crippen molar-refractivity contribution in [2.75, 3.05) is 6.54 Å². The molecule has 0 bridgehead atoms. The molecule has 0 aliphatic heterocycles. The molecule has 1 amide bonds. The Bertz CT molecular complexity index is 910. The van der Waals surface area contributed by atoms with Crippen molar-refractivity contribution in [1.82, 2.24) is 15.3 Å². The smallest absolute Gasteiger partial charge is 0.230 e. The molecule has 1 heterocycles. The van der Waals surface area contributed by atoms with Gasteiger partial charge in [-0.1, -0.05) is 37.1 Å². The molecule has 4 rings (SSSR count). The predicted molar refractivity (Wildman–Crippen MR) is 104 cm³/mol. The molecule has 0 radical (unpaired) electrons. The van der Waals surface area contributed by atoms with Crippen LogP contribution in [0.1, 0.15) is 43.5 Å². The Morgan fingerprint density at radius 3 is 2.74 bits per heavy atom. The van der Waals surface area contributed by atoms with Crippen LogP contribution in [0.4, 0.5) is 4.39 Å². The van der Waals surface area contributed by atoms with Crippen LogP contribution in [0.2, 0.25) is 0 Å². The van der Waals surface area contributed by atoms with E-state index in [2.05, 4.69) is 15.3 Å². The number of hydrogen-bond donors (Lipinski definition) is 2. The van der Waals surface area contributed by atoms with Crippen LogP contribution in [0.15, 0.2) is 48.5 Å². The molecule has 0 unspecified atom stereocenters. The number of hydrogen-bond acceptors (Lipinski definition) is 2. The number of rotatable bonds is 6. The van der Waals surface area contributed by atoms with Crippen LogP contribution < -0.4 is 5.32 Å². The number of halogens is 1. The van der Waals surface area contributed by atoms with Gasteiger partial charge >= 0.3 is 0 Å². The van der Waals surface area contributed by atoms with Crippen LogP contribution in [0.25, 0.3) is 11.0 Å². The van der Waals surface area contributed by atoms with E-state index >= 15 is 0 Å². The fourth-order valence-corrected chi connectivity index (χ4v) is 4.16. The van der Waals surface area contributed by atoms with Gasteiger partial charge in [-0.2, -0.15) is 0 Å². The normalized spacial score (nSPS) is 15.9. The van der Waals surface area contributed by atoms with E-state index in [-0.39, 0.29) is 11.7 Å². The van der Waals surface area contributed by atoms with E-state index in [1.165, 1.54) is 12.1 Å². The predicted octanol–water partition coefficient (Wildman–Crippen LogP) is 4.26. The van der Waals surface area contributed by atoms with Gasteiger partial charge in [-0.15, -0.1) is 0 Å². The summed E-state index contributed by atoms with van der Waals surface area (Å²) in [6.07, 6.45) is 5.16. The topological polar surface area (TPSA) is 57.8 Å². The zero-order chi connectivity index (χ0) is 18.7. The van der Waals surface area contributed by atoms with Gasteiger partial charge in [0.15, 0.2) is 0 Å². The molecule has 2 N–H and O–H groups in total. The van der Waals surface area contributed by atoms with Gasteiger partial charge in [-0.25, -0.2) is 9.37 Å². The second kappa shape index (κ2) is 7.51. The van der Waals surface area contributed by atoms with Gasteiger partial charge in [-0.3, -0.25) is 4.79 Å². The molecule has 3 aromatic rings. The number of amides is 1. The third-order valence-corrected chi connectivity index (χ3v) is 5.58. The van der Waals surface area contributed by atoms with Gasteiger partial charge in [0.05, 0.1) is 16.4 Å². The molecule has 1 saturated carbocycles. The van der Waals surface area contributed by atoms with Crippen molar-refractivity contribution < 1.29 is 9.18 Å². The molecule has 1 aliphatic rings. The Labute approximate surface area is 158 Å². The molecule has 1 aliphatic carbocycles. The van der Waals surface area contributed by atoms with Gasteiger partial charge < -0.3 is 10.3 Å². The summed E-state index contributed by atoms with van der Waals surface area (Å²) in [5.74, 6) is 0.679. The van der Waals surface area contributed by atoms with E-state index < -0.39 is 5.41 Å². The number of imidazole rings is 1. The number of nitrogens with one attached hydrogen (secondary N) is 2. The minimum Gasteiger partial charge on any atom is -0.355 e. The highest BCUT2D eigenvalue weighted by atomic mass is 19.1. The lowest BCUT2D eigenvalue weighted by Gasteiger charge is -2.28. The zero-order valence-electron chi connectivity index (χ0n) is 15.3. The molecule has 1 fully saturated rings. The number of aromatic amines is 1. The summed E-state index contributed by atoms with van der Waals surface area (Å²) in [6.45, 7) is 0.590. The number of aromatic nitrogens is 2. The van der Waals surface area contributed by atoms with E-state index in [4.69, 9.17) is 0 Å². The standard InChI is InChI=1S/C22H24FN3O/c23-17-8-5-7-16(15-17)22(12-3-4-13-22)21(27)24-14-6-11-20-25-18-9-1-2-10-19(18)26-20/h1-2,5,7-10,15H,3-4,6,11-14H2,(H,24,27)(H,25,26). The first-order valence-electron chi connectivity index (χ1n) is 9.65. The van der Waals surface area contributed by atoms with Crippen LogP contribution in [0.3, 0.4) is 0 Å². The first-order valence-corrected chi connectivity index (χ1v) is 9.65. The highest BCUT2D eigenvalue weighted by Gasteiger charge is 2.42. The summed E-state index contributed by atoms with van der Waals surface area (Å²) < 4.78 is 13.7. The first kappa shape index (κ1) is 17.7. The third-order valence-electron chi connectivity index (χ3n) is 5.58. The summed E-state index contributed by atoms with van der Waals surface area (Å²) in [7, 11) is 0. The van der Waals surface area contributed by atoms with Crippen LogP contribution >= 0.6 is 0 Å². The average Bonchev–Trinajstić information content (AvgIpc) is 3.32. The van der Waals surface area contributed by atoms with Gasteiger partial charge in [-0.05, 0) is 49.1 Å². The molecule has 2 aromatic carbocycles. The molecule has 0 spiro atoms. The summed E-state index contributed by atoms with van der Waals surface area (Å²) in [4.78, 5) is 20.9. The van der Waals surface area contributed by atoms with Gasteiger partial charge in [0, 0.05) is 13.0 Å². The van der Waals surface area contributed by atoms with Crippen LogP contribution in [0.5, 0.6) is 0 Å². The number of nitrogens with zero attached hydrogens (tertiary/aromatic N) is 1. The molecular formula is C22H24FN3O. The summed E-state index contributed by atoms with van der Waals surface area (Å²) in [5.41, 5.74) is 2.22. The fourth-order valence-electron chi connectivity index (χ4n) is 4.16. The highest BCUT2D eigenvalue weighted by molar-refractivity contribution is 5.88. The number of H-pyrrole nitrogens is 1. The Hall–Kier alpha value is -2.69. The quantitative estimate of drug-likeness (QED) is 0.641. The van der Waals surface area contributed by atoms with Gasteiger partial charge in [0.1, 0.15) is 11.6 Å². The lowest BCUT2D eigenvalue weighted by atomic mass is 9.78. The number of para-hydroxylation sites is 2. The van der Waals surface area contributed by atoms with E-state index in [0.29, 0.717) is 6.54 Å². The molecule has 0 atom stereocenters. The minimum atomic E-state index is -0.582. The molecule has 27 heavy (non-hydrogen) atoms. The zero-order valence-corrected chi connectivity index (χ0v) is 15.3. The number of carbonyl (C=O) groups excluding carboxylic acids is 1. The number of benzene rings is 2. The lowest BCUT2D eigenvalue weighted by molar-refractivity contribution is -0.126. The minimum absolute atomic E-state index is 0.0233. The fraction of sp³-hybridized carbons (Fsp3) is 0.364. The lowest BCUT2D eigenvalue weighted by Crippen LogP contribution is -2.43. The van der Waals surface area contributed by atoms with Gasteiger partial charge in [0.2, 0.25) is 5.91 Å². The van der Waals surface area contributed by atoms with Crippen LogP contribution in [-0.2, 0) is 16.6 Å². The Balaban J connectivity index is 1.37. The molecule has 1 aromatic heterocycles. The summed E-state index contributed by atoms with van der Waals surface area (Å²) in [6, 6.07) is 14.5. The van der Waals surface area contributed by atoms with Crippen molar-refractivity contribution in [3.8, 4) is 0 Å². The third kappa shape index (κ3) is 3.59. The van der Waals surface area contributed by atoms with E-state index in [1.54, 1.807) is 6.07 Å². The van der Waals surface area contributed by atoms with Crippen LogP contribution in [0, 0.1) is 5.82 Å². The Kier molecular flexibility index (Phi) is 4.92. The van der Waals surface area contributed by atoms with Crippen LogP contribution in [-0.4, -0.2) is 22.4 Å². The molecular weight excluding hydrogens is 341 g/mol. The molecule has 5 heteroatoms. The number of fused-ring (bicyclic) bond motifs is 1. The molecule has 140 valence electrons. The number of aryl methyl sites for hydroxylation is 1. The van der Waals surface area contributed by atoms with Crippen molar-refractivity contribution in [2.45, 2.75) is 43.9 Å². The van der Waals surface area contributed by atoms with Crippen molar-refractivity contribution in [3.63, 3.8) is 0 Å². The van der Waals surface area contributed by atoms with E-state index in [0.717, 1.165) is 60.9 Å². The number of carbonyl (C=O) groups is 1. The van der Waals surface area contributed by atoms with Crippen molar-refractivity contribution >= 4 is 16.9 Å². The SMILES string of the molecule is O=C(NCCCc1nc2ccccc2[nH]1)C1(c2cccc(F)c2)CCCC1. The van der Waals surface area contributed by atoms with Crippen molar-refractivity contribution in [1.29, 1.82) is 0 Å². The van der Waals surface area contributed by atoms with E-state index in [9.17, 15) is 9.18 Å². The molecule has 4 nitrogen and oxygen atoms in total. The first-order chi connectivity index (χ1) is 13.2. The average molecular weight is 365 g/mol. The highest BCUT2D eigenvalue weighted by Crippen LogP contribution is 2.41. The molecule has 0 saturated heterocycles. The Morgan fingerprint density at radius 2 is 1.96 bits per heavy atom. The second-order valence-electron chi connectivity index (χ2n) is 7.36. The van der Waals surface area contributed by atoms with E-state index in [1.807, 2.05) is 30.3 Å². The summed E-state index contributed by atoms with van der Waals surface area (Å²) >= 11 is 0. The maximum absolute atomic E-state index is 13.7. The Morgan fingerprint density at radius 1 is 1.15 bits per heavy atom. The van der Waals surface area contributed by atoms with Gasteiger partial charge in [0.25, 0.3) is 0 Å². The van der Waals surface area contributed by atoms with Crippen molar-refractivity contribution in [2.24, 2.45) is 0 Å². The van der Waals surface area contributed by atoms with Crippen molar-refractivity contribution in [3.05, 3.63) is 65.7 Å². The second-order valence-corrected chi connectivity index (χ2v) is 7.36. The maximum atomic E-state index is 13.7. The maximum Gasteiger partial charge on any atom is 0.230 e.